The van der Waals surface area contributed by atoms with Crippen LogP contribution in [0.25, 0.3) is 11.3 Å². The van der Waals surface area contributed by atoms with Crippen molar-refractivity contribution in [3.8, 4) is 17.0 Å². The average Bonchev–Trinajstić information content (AvgIpc) is 3.21. The number of hydrogen-bond donors (Lipinski definition) is 3. The molecule has 0 saturated carbocycles. The fourth-order valence-corrected chi connectivity index (χ4v) is 2.47. The summed E-state index contributed by atoms with van der Waals surface area (Å²) in [4.78, 5) is 24.0. The molecule has 0 atom stereocenters. The van der Waals surface area contributed by atoms with Crippen LogP contribution in [0, 0.1) is 0 Å². The molecule has 3 N–H and O–H groups in total. The molecule has 1 heterocycles. The van der Waals surface area contributed by atoms with Crippen molar-refractivity contribution in [1.82, 2.24) is 20.9 Å². The van der Waals surface area contributed by atoms with Gasteiger partial charge in [-0.2, -0.15) is 10.2 Å². The molecule has 3 aromatic rings. The lowest BCUT2D eigenvalue weighted by Crippen LogP contribution is -2.34. The molecule has 8 nitrogen and oxygen atoms in total. The van der Waals surface area contributed by atoms with Gasteiger partial charge in [0.2, 0.25) is 0 Å². The van der Waals surface area contributed by atoms with Gasteiger partial charge in [0.1, 0.15) is 5.75 Å². The maximum Gasteiger partial charge on any atom is 0.259 e. The molecule has 3 rings (SSSR count). The van der Waals surface area contributed by atoms with E-state index in [1.165, 1.54) is 13.3 Å². The second kappa shape index (κ2) is 9.13. The van der Waals surface area contributed by atoms with Crippen molar-refractivity contribution >= 4 is 18.0 Å². The number of H-pyrrole nitrogens is 1. The number of amides is 2. The average molecular weight is 377 g/mol. The molecule has 0 aliphatic rings. The van der Waals surface area contributed by atoms with Gasteiger partial charge in [0.15, 0.2) is 0 Å². The van der Waals surface area contributed by atoms with Crippen LogP contribution in [0.4, 0.5) is 0 Å². The zero-order chi connectivity index (χ0) is 19.8. The van der Waals surface area contributed by atoms with Crippen molar-refractivity contribution in [2.45, 2.75) is 0 Å². The van der Waals surface area contributed by atoms with Crippen LogP contribution < -0.4 is 15.5 Å². The third-order valence-electron chi connectivity index (χ3n) is 3.87. The summed E-state index contributed by atoms with van der Waals surface area (Å²) in [6.45, 7) is -0.204. The summed E-state index contributed by atoms with van der Waals surface area (Å²) < 4.78 is 5.07. The summed E-state index contributed by atoms with van der Waals surface area (Å²) in [6, 6.07) is 16.3. The third kappa shape index (κ3) is 4.82. The van der Waals surface area contributed by atoms with Gasteiger partial charge >= 0.3 is 0 Å². The lowest BCUT2D eigenvalue weighted by Gasteiger charge is -2.06. The highest BCUT2D eigenvalue weighted by Gasteiger charge is 2.09. The first-order valence-corrected chi connectivity index (χ1v) is 8.50. The Bertz CT molecular complexity index is 982. The summed E-state index contributed by atoms with van der Waals surface area (Å²) in [5.74, 6) is -0.257. The second-order valence-corrected chi connectivity index (χ2v) is 5.77. The molecule has 0 spiro atoms. The number of hydrazone groups is 1. The van der Waals surface area contributed by atoms with Crippen molar-refractivity contribution in [3.63, 3.8) is 0 Å². The second-order valence-electron chi connectivity index (χ2n) is 5.77. The summed E-state index contributed by atoms with van der Waals surface area (Å²) in [5.41, 5.74) is 5.26. The number of benzene rings is 2. The largest absolute Gasteiger partial charge is 0.497 e. The molecule has 0 bridgehead atoms. The van der Waals surface area contributed by atoms with E-state index in [0.29, 0.717) is 11.3 Å². The maximum absolute atomic E-state index is 12.1. The predicted octanol–water partition coefficient (Wildman–Crippen LogP) is 1.97. The number of ether oxygens (including phenoxy) is 1. The van der Waals surface area contributed by atoms with Gasteiger partial charge < -0.3 is 10.1 Å². The quantitative estimate of drug-likeness (QED) is 0.432. The number of methoxy groups -OCH3 is 1. The first-order valence-electron chi connectivity index (χ1n) is 8.50. The Morgan fingerprint density at radius 1 is 1.18 bits per heavy atom. The molecule has 0 saturated heterocycles. The van der Waals surface area contributed by atoms with Crippen LogP contribution >= 0.6 is 0 Å². The summed E-state index contributed by atoms with van der Waals surface area (Å²) in [7, 11) is 1.52. The normalized spacial score (nSPS) is 10.6. The van der Waals surface area contributed by atoms with E-state index in [9.17, 15) is 9.59 Å². The van der Waals surface area contributed by atoms with Crippen molar-refractivity contribution < 1.29 is 14.3 Å². The Morgan fingerprint density at radius 3 is 2.79 bits per heavy atom. The molecular weight excluding hydrogens is 358 g/mol. The van der Waals surface area contributed by atoms with Crippen LogP contribution in [-0.4, -0.2) is 41.9 Å². The molecule has 142 valence electrons. The zero-order valence-electron chi connectivity index (χ0n) is 15.2. The van der Waals surface area contributed by atoms with Crippen LogP contribution in [0.5, 0.6) is 5.75 Å². The maximum atomic E-state index is 12.1. The molecule has 2 aromatic carbocycles. The zero-order valence-corrected chi connectivity index (χ0v) is 15.2. The molecule has 0 aliphatic heterocycles. The summed E-state index contributed by atoms with van der Waals surface area (Å²) in [6.07, 6.45) is 3.11. The minimum atomic E-state index is -0.447. The molecule has 8 heteroatoms. The van der Waals surface area contributed by atoms with E-state index in [1.807, 2.05) is 30.3 Å². The highest BCUT2D eigenvalue weighted by Crippen LogP contribution is 2.18. The van der Waals surface area contributed by atoms with E-state index in [-0.39, 0.29) is 12.5 Å². The number of carbonyl (C=O) groups is 2. The van der Waals surface area contributed by atoms with Gasteiger partial charge in [0.05, 0.1) is 31.8 Å². The summed E-state index contributed by atoms with van der Waals surface area (Å²) in [5, 5.41) is 13.4. The fraction of sp³-hybridized carbons (Fsp3) is 0.100. The lowest BCUT2D eigenvalue weighted by atomic mass is 10.1. The van der Waals surface area contributed by atoms with Gasteiger partial charge in [-0.05, 0) is 18.2 Å². The van der Waals surface area contributed by atoms with Gasteiger partial charge in [0, 0.05) is 16.7 Å². The van der Waals surface area contributed by atoms with Gasteiger partial charge in [-0.3, -0.25) is 14.7 Å². The molecule has 0 fully saturated rings. The van der Waals surface area contributed by atoms with Crippen LogP contribution in [0.1, 0.15) is 15.9 Å². The van der Waals surface area contributed by atoms with Crippen molar-refractivity contribution in [3.05, 3.63) is 71.9 Å². The highest BCUT2D eigenvalue weighted by molar-refractivity contribution is 5.97. The Kier molecular flexibility index (Phi) is 6.14. The van der Waals surface area contributed by atoms with E-state index >= 15 is 0 Å². The number of aromatic amines is 1. The van der Waals surface area contributed by atoms with Crippen LogP contribution in [0.15, 0.2) is 65.9 Å². The van der Waals surface area contributed by atoms with Crippen LogP contribution in [0.2, 0.25) is 0 Å². The lowest BCUT2D eigenvalue weighted by molar-refractivity contribution is -0.120. The van der Waals surface area contributed by atoms with E-state index in [2.05, 4.69) is 26.0 Å². The number of nitrogens with one attached hydrogen (secondary N) is 3. The first kappa shape index (κ1) is 18.8. The number of carbonyl (C=O) groups excluding carboxylic acids is 2. The van der Waals surface area contributed by atoms with Gasteiger partial charge in [-0.1, -0.05) is 36.4 Å². The molecule has 0 radical (unpaired) electrons. The smallest absolute Gasteiger partial charge is 0.259 e. The predicted molar refractivity (Wildman–Crippen MR) is 105 cm³/mol. The van der Waals surface area contributed by atoms with E-state index in [1.54, 1.807) is 30.5 Å². The fourth-order valence-electron chi connectivity index (χ4n) is 2.47. The Balaban J connectivity index is 1.52. The third-order valence-corrected chi connectivity index (χ3v) is 3.87. The molecule has 0 aliphatic carbocycles. The van der Waals surface area contributed by atoms with Crippen LogP contribution in [0.3, 0.4) is 0 Å². The van der Waals surface area contributed by atoms with Gasteiger partial charge in [0.25, 0.3) is 11.8 Å². The molecule has 0 unspecified atom stereocenters. The Hall–Kier alpha value is -3.94. The molecule has 28 heavy (non-hydrogen) atoms. The molecule has 2 amide bonds. The van der Waals surface area contributed by atoms with Crippen molar-refractivity contribution in [2.24, 2.45) is 5.10 Å². The molecule has 1 aromatic heterocycles. The first-order chi connectivity index (χ1) is 13.7. The summed E-state index contributed by atoms with van der Waals surface area (Å²) >= 11 is 0. The van der Waals surface area contributed by atoms with Crippen LogP contribution in [-0.2, 0) is 4.79 Å². The molecular formula is C20H19N5O3. The Labute approximate surface area is 161 Å². The SMILES string of the molecule is COc1cccc(C(=O)NCC(=O)N/N=C\c2cn[nH]c2-c2ccccc2)c1. The number of aromatic nitrogens is 2. The number of nitrogens with zero attached hydrogens (tertiary/aromatic N) is 2. The monoisotopic (exact) mass is 377 g/mol. The minimum absolute atomic E-state index is 0.204. The standard InChI is InChI=1S/C20H19N5O3/c1-28-17-9-5-8-15(10-17)20(27)21-13-18(26)24-22-11-16-12-23-25-19(16)14-6-3-2-4-7-14/h2-12H,13H2,1H3,(H,21,27)(H,23,25)(H,24,26)/b22-11-. The van der Waals surface area contributed by atoms with E-state index in [0.717, 1.165) is 16.8 Å². The van der Waals surface area contributed by atoms with Gasteiger partial charge in [-0.15, -0.1) is 0 Å². The minimum Gasteiger partial charge on any atom is -0.497 e. The number of hydrogen-bond acceptors (Lipinski definition) is 5. The van der Waals surface area contributed by atoms with Gasteiger partial charge in [-0.25, -0.2) is 5.43 Å². The van der Waals surface area contributed by atoms with Crippen molar-refractivity contribution in [1.29, 1.82) is 0 Å². The number of rotatable bonds is 7. The Morgan fingerprint density at radius 2 is 2.00 bits per heavy atom. The van der Waals surface area contributed by atoms with E-state index in [4.69, 9.17) is 4.74 Å². The van der Waals surface area contributed by atoms with E-state index < -0.39 is 5.91 Å². The highest BCUT2D eigenvalue weighted by atomic mass is 16.5. The van der Waals surface area contributed by atoms with Crippen molar-refractivity contribution in [2.75, 3.05) is 13.7 Å². The topological polar surface area (TPSA) is 108 Å².